The number of amides is 1. The molecule has 8 nitrogen and oxygen atoms in total. The predicted molar refractivity (Wildman–Crippen MR) is 98.2 cm³/mol. The molecule has 0 fully saturated rings. The molecule has 1 N–H and O–H groups in total. The monoisotopic (exact) mass is 377 g/mol. The van der Waals surface area contributed by atoms with E-state index in [0.29, 0.717) is 5.16 Å². The van der Waals surface area contributed by atoms with E-state index in [1.807, 2.05) is 45.9 Å². The number of hydrogen-bond acceptors (Lipinski definition) is 7. The lowest BCUT2D eigenvalue weighted by molar-refractivity contribution is -0.146. The van der Waals surface area contributed by atoms with Gasteiger partial charge in [0.1, 0.15) is 0 Å². The number of benzene rings is 1. The normalized spacial score (nSPS) is 11.8. The highest BCUT2D eigenvalue weighted by Gasteiger charge is 2.15. The lowest BCUT2D eigenvalue weighted by Gasteiger charge is -2.11. The van der Waals surface area contributed by atoms with E-state index in [1.165, 1.54) is 0 Å². The number of aryl methyl sites for hydroxylation is 2. The minimum Gasteiger partial charge on any atom is -0.455 e. The van der Waals surface area contributed by atoms with Gasteiger partial charge in [-0.15, -0.1) is 5.10 Å². The van der Waals surface area contributed by atoms with E-state index in [9.17, 15) is 9.59 Å². The second kappa shape index (κ2) is 9.33. The van der Waals surface area contributed by atoms with Crippen LogP contribution in [0.4, 0.5) is 0 Å². The third kappa shape index (κ3) is 5.55. The van der Waals surface area contributed by atoms with Crippen molar-refractivity contribution in [2.24, 2.45) is 0 Å². The van der Waals surface area contributed by atoms with Gasteiger partial charge >= 0.3 is 5.97 Å². The van der Waals surface area contributed by atoms with Crippen molar-refractivity contribution in [2.45, 2.75) is 45.3 Å². The van der Waals surface area contributed by atoms with Gasteiger partial charge in [-0.2, -0.15) is 4.68 Å². The molecule has 0 saturated heterocycles. The van der Waals surface area contributed by atoms with E-state index < -0.39 is 5.97 Å². The SMILES string of the molecule is CC[C@@H](C)NC(=O)COC(=O)CSc1nnnn1-c1cc(C)ccc1C. The van der Waals surface area contributed by atoms with Crippen LogP contribution in [-0.2, 0) is 14.3 Å². The van der Waals surface area contributed by atoms with E-state index in [2.05, 4.69) is 20.8 Å². The van der Waals surface area contributed by atoms with Crippen LogP contribution < -0.4 is 5.32 Å². The van der Waals surface area contributed by atoms with Crippen LogP contribution >= 0.6 is 11.8 Å². The van der Waals surface area contributed by atoms with Crippen LogP contribution in [0, 0.1) is 13.8 Å². The Morgan fingerprint density at radius 2 is 2.12 bits per heavy atom. The molecule has 0 unspecified atom stereocenters. The van der Waals surface area contributed by atoms with Crippen molar-refractivity contribution in [1.82, 2.24) is 25.5 Å². The first-order chi connectivity index (χ1) is 12.4. The van der Waals surface area contributed by atoms with Crippen molar-refractivity contribution >= 4 is 23.6 Å². The van der Waals surface area contributed by atoms with Crippen molar-refractivity contribution in [1.29, 1.82) is 0 Å². The van der Waals surface area contributed by atoms with E-state index in [0.717, 1.165) is 35.0 Å². The lowest BCUT2D eigenvalue weighted by atomic mass is 10.1. The lowest BCUT2D eigenvalue weighted by Crippen LogP contribution is -2.35. The summed E-state index contributed by atoms with van der Waals surface area (Å²) in [4.78, 5) is 23.5. The highest BCUT2D eigenvalue weighted by atomic mass is 32.2. The number of nitrogens with zero attached hydrogens (tertiary/aromatic N) is 4. The van der Waals surface area contributed by atoms with Gasteiger partial charge in [0.05, 0.1) is 11.4 Å². The molecule has 0 bridgehead atoms. The first-order valence-electron chi connectivity index (χ1n) is 8.34. The average molecular weight is 377 g/mol. The highest BCUT2D eigenvalue weighted by molar-refractivity contribution is 7.99. The van der Waals surface area contributed by atoms with E-state index in [4.69, 9.17) is 4.74 Å². The van der Waals surface area contributed by atoms with Gasteiger partial charge in [-0.05, 0) is 54.8 Å². The standard InChI is InChI=1S/C17H23N5O3S/c1-5-13(4)18-15(23)9-25-16(24)10-26-17-19-20-21-22(17)14-8-11(2)6-7-12(14)3/h6-8,13H,5,9-10H2,1-4H3,(H,18,23)/t13-/m1/s1. The van der Waals surface area contributed by atoms with Crippen molar-refractivity contribution in [3.63, 3.8) is 0 Å². The van der Waals surface area contributed by atoms with E-state index in [-0.39, 0.29) is 24.3 Å². The molecular formula is C17H23N5O3S. The zero-order valence-corrected chi connectivity index (χ0v) is 16.2. The molecule has 1 amide bonds. The molecule has 0 spiro atoms. The number of nitrogens with one attached hydrogen (secondary N) is 1. The maximum Gasteiger partial charge on any atom is 0.316 e. The fraction of sp³-hybridized carbons (Fsp3) is 0.471. The number of thioether (sulfide) groups is 1. The molecule has 9 heteroatoms. The first-order valence-corrected chi connectivity index (χ1v) is 9.33. The number of ether oxygens (including phenoxy) is 1. The van der Waals surface area contributed by atoms with Crippen LogP contribution in [0.15, 0.2) is 23.4 Å². The molecule has 0 aliphatic carbocycles. The molecule has 0 radical (unpaired) electrons. The Morgan fingerprint density at radius 1 is 1.35 bits per heavy atom. The largest absolute Gasteiger partial charge is 0.455 e. The summed E-state index contributed by atoms with van der Waals surface area (Å²) in [5, 5.41) is 14.9. The molecule has 0 saturated carbocycles. The molecule has 140 valence electrons. The van der Waals surface area contributed by atoms with E-state index >= 15 is 0 Å². The third-order valence-electron chi connectivity index (χ3n) is 3.74. The Bertz CT molecular complexity index is 778. The molecule has 1 heterocycles. The number of carbonyl (C=O) groups is 2. The Hall–Kier alpha value is -2.42. The summed E-state index contributed by atoms with van der Waals surface area (Å²) in [7, 11) is 0. The molecule has 1 atom stereocenters. The Kier molecular flexibility index (Phi) is 7.14. The van der Waals surface area contributed by atoms with Gasteiger partial charge in [0.15, 0.2) is 6.61 Å². The molecule has 2 rings (SSSR count). The van der Waals surface area contributed by atoms with Crippen LogP contribution in [0.25, 0.3) is 5.69 Å². The van der Waals surface area contributed by atoms with Crippen LogP contribution in [-0.4, -0.2) is 50.5 Å². The van der Waals surface area contributed by atoms with Gasteiger partial charge in [0.2, 0.25) is 5.16 Å². The summed E-state index contributed by atoms with van der Waals surface area (Å²) in [6.45, 7) is 7.53. The number of tetrazole rings is 1. The van der Waals surface area contributed by atoms with Crippen molar-refractivity contribution in [2.75, 3.05) is 12.4 Å². The third-order valence-corrected chi connectivity index (χ3v) is 4.63. The summed E-state index contributed by atoms with van der Waals surface area (Å²) in [6, 6.07) is 6.04. The van der Waals surface area contributed by atoms with Crippen LogP contribution in [0.5, 0.6) is 0 Å². The van der Waals surface area contributed by atoms with Gasteiger partial charge < -0.3 is 10.1 Å². The predicted octanol–water partition coefficient (Wildman–Crippen LogP) is 1.83. The smallest absolute Gasteiger partial charge is 0.316 e. The fourth-order valence-electron chi connectivity index (χ4n) is 2.10. The number of carbonyl (C=O) groups excluding carboxylic acids is 2. The minimum absolute atomic E-state index is 0.0157. The topological polar surface area (TPSA) is 99.0 Å². The molecule has 0 aliphatic heterocycles. The molecular weight excluding hydrogens is 354 g/mol. The van der Waals surface area contributed by atoms with Crippen molar-refractivity contribution < 1.29 is 14.3 Å². The summed E-state index contributed by atoms with van der Waals surface area (Å²) in [5.41, 5.74) is 2.97. The van der Waals surface area contributed by atoms with Gasteiger partial charge in [0, 0.05) is 6.04 Å². The first kappa shape index (κ1) is 19.9. The fourth-order valence-corrected chi connectivity index (χ4v) is 2.78. The van der Waals surface area contributed by atoms with Gasteiger partial charge in [0.25, 0.3) is 5.91 Å². The summed E-state index contributed by atoms with van der Waals surface area (Å²) in [5.74, 6) is -0.787. The van der Waals surface area contributed by atoms with Gasteiger partial charge in [-0.1, -0.05) is 30.8 Å². The zero-order valence-electron chi connectivity index (χ0n) is 15.4. The number of rotatable bonds is 8. The average Bonchev–Trinajstić information content (AvgIpc) is 3.08. The van der Waals surface area contributed by atoms with Gasteiger partial charge in [-0.25, -0.2) is 0 Å². The second-order valence-corrected chi connectivity index (χ2v) is 6.93. The Morgan fingerprint density at radius 3 is 2.85 bits per heavy atom. The highest BCUT2D eigenvalue weighted by Crippen LogP contribution is 2.21. The second-order valence-electron chi connectivity index (χ2n) is 5.99. The molecule has 0 aliphatic rings. The van der Waals surface area contributed by atoms with Crippen LogP contribution in [0.1, 0.15) is 31.4 Å². The quantitative estimate of drug-likeness (QED) is 0.553. The molecule has 1 aromatic heterocycles. The number of hydrogen-bond donors (Lipinski definition) is 1. The van der Waals surface area contributed by atoms with Crippen LogP contribution in [0.3, 0.4) is 0 Å². The number of esters is 1. The van der Waals surface area contributed by atoms with Crippen molar-refractivity contribution in [3.8, 4) is 5.69 Å². The van der Waals surface area contributed by atoms with Crippen molar-refractivity contribution in [3.05, 3.63) is 29.3 Å². The molecule has 1 aromatic carbocycles. The van der Waals surface area contributed by atoms with Crippen LogP contribution in [0.2, 0.25) is 0 Å². The Labute approximate surface area is 156 Å². The maximum atomic E-state index is 11.9. The summed E-state index contributed by atoms with van der Waals surface area (Å²) >= 11 is 1.16. The molecule has 2 aromatic rings. The zero-order chi connectivity index (χ0) is 19.1. The Balaban J connectivity index is 1.91. The van der Waals surface area contributed by atoms with Gasteiger partial charge in [-0.3, -0.25) is 9.59 Å². The maximum absolute atomic E-state index is 11.9. The number of aromatic nitrogens is 4. The summed E-state index contributed by atoms with van der Waals surface area (Å²) in [6.07, 6.45) is 0.816. The summed E-state index contributed by atoms with van der Waals surface area (Å²) < 4.78 is 6.58. The van der Waals surface area contributed by atoms with E-state index in [1.54, 1.807) is 4.68 Å². The minimum atomic E-state index is -0.496. The molecule has 26 heavy (non-hydrogen) atoms.